The van der Waals surface area contributed by atoms with Gasteiger partial charge in [-0.05, 0) is 37.6 Å². The molecular weight excluding hydrogens is 308 g/mol. The topological polar surface area (TPSA) is 76.7 Å². The van der Waals surface area contributed by atoms with Crippen LogP contribution >= 0.6 is 11.6 Å². The molecule has 2 rings (SSSR count). The van der Waals surface area contributed by atoms with Crippen molar-refractivity contribution in [2.45, 2.75) is 20.0 Å². The summed E-state index contributed by atoms with van der Waals surface area (Å²) in [7, 11) is 1.55. The van der Waals surface area contributed by atoms with E-state index >= 15 is 0 Å². The molecule has 0 unspecified atom stereocenters. The summed E-state index contributed by atoms with van der Waals surface area (Å²) in [6.07, 6.45) is -0.0214. The van der Waals surface area contributed by atoms with Crippen LogP contribution in [0.15, 0.2) is 18.2 Å². The molecule has 0 bridgehead atoms. The van der Waals surface area contributed by atoms with E-state index in [-0.39, 0.29) is 12.0 Å². The maximum atomic E-state index is 11.1. The molecule has 1 aliphatic rings. The van der Waals surface area contributed by atoms with Gasteiger partial charge >= 0.3 is 0 Å². The first-order chi connectivity index (χ1) is 10.4. The second-order valence-electron chi connectivity index (χ2n) is 4.83. The van der Waals surface area contributed by atoms with Crippen molar-refractivity contribution >= 4 is 22.8 Å². The lowest BCUT2D eigenvalue weighted by atomic mass is 10.2. The van der Waals surface area contributed by atoms with Crippen LogP contribution in [-0.4, -0.2) is 44.0 Å². The summed E-state index contributed by atoms with van der Waals surface area (Å²) >= 11 is 5.43. The van der Waals surface area contributed by atoms with Crippen LogP contribution in [0.5, 0.6) is 11.5 Å². The standard InChI is InChI=1S/C11H13ClO3.C4H8N2O/c1-7(2)15-10-6-8(14-3)4-5-9(10)11(12)13;7-4-3-5-1-2-6-4/h4-7H,1-3H3;5H,1-3H2,(H,6,7). The molecule has 1 heterocycles. The molecule has 0 saturated carbocycles. The number of methoxy groups -OCH3 is 1. The van der Waals surface area contributed by atoms with Gasteiger partial charge in [0, 0.05) is 19.2 Å². The third-order valence-electron chi connectivity index (χ3n) is 2.67. The van der Waals surface area contributed by atoms with Crippen LogP contribution in [0, 0.1) is 0 Å². The van der Waals surface area contributed by atoms with Gasteiger partial charge in [0.15, 0.2) is 0 Å². The maximum absolute atomic E-state index is 11.1. The van der Waals surface area contributed by atoms with E-state index in [9.17, 15) is 9.59 Å². The third kappa shape index (κ3) is 6.32. The molecule has 7 heteroatoms. The number of rotatable bonds is 4. The van der Waals surface area contributed by atoms with Crippen molar-refractivity contribution in [1.29, 1.82) is 0 Å². The molecule has 1 aliphatic heterocycles. The highest BCUT2D eigenvalue weighted by Crippen LogP contribution is 2.26. The summed E-state index contributed by atoms with van der Waals surface area (Å²) in [5.74, 6) is 1.18. The van der Waals surface area contributed by atoms with Gasteiger partial charge in [0.25, 0.3) is 5.24 Å². The maximum Gasteiger partial charge on any atom is 0.256 e. The van der Waals surface area contributed by atoms with Gasteiger partial charge in [-0.25, -0.2) is 0 Å². The van der Waals surface area contributed by atoms with Crippen molar-refractivity contribution in [2.75, 3.05) is 26.7 Å². The minimum absolute atomic E-state index is 0.0214. The normalized spacial score (nSPS) is 13.8. The Labute approximate surface area is 135 Å². The van der Waals surface area contributed by atoms with Gasteiger partial charge in [-0.15, -0.1) is 0 Å². The fourth-order valence-electron chi connectivity index (χ4n) is 1.70. The first kappa shape index (κ1) is 18.3. The number of amides is 1. The van der Waals surface area contributed by atoms with Crippen LogP contribution in [0.25, 0.3) is 0 Å². The van der Waals surface area contributed by atoms with Crippen LogP contribution in [0.2, 0.25) is 0 Å². The smallest absolute Gasteiger partial charge is 0.256 e. The van der Waals surface area contributed by atoms with Crippen LogP contribution < -0.4 is 20.1 Å². The Morgan fingerprint density at radius 3 is 2.45 bits per heavy atom. The second kappa shape index (κ2) is 9.27. The number of carbonyl (C=O) groups is 2. The molecular formula is C15H21ClN2O4. The summed E-state index contributed by atoms with van der Waals surface area (Å²) in [6, 6.07) is 4.91. The molecule has 0 atom stereocenters. The van der Waals surface area contributed by atoms with Crippen molar-refractivity contribution in [3.8, 4) is 11.5 Å². The minimum atomic E-state index is -0.534. The van der Waals surface area contributed by atoms with E-state index in [0.29, 0.717) is 23.6 Å². The van der Waals surface area contributed by atoms with Gasteiger partial charge in [-0.1, -0.05) is 0 Å². The molecule has 1 aromatic carbocycles. The monoisotopic (exact) mass is 328 g/mol. The Kier molecular flexibility index (Phi) is 7.70. The molecule has 0 aromatic heterocycles. The molecule has 0 spiro atoms. The average molecular weight is 329 g/mol. The van der Waals surface area contributed by atoms with Gasteiger partial charge < -0.3 is 20.1 Å². The molecule has 122 valence electrons. The average Bonchev–Trinajstić information content (AvgIpc) is 2.47. The van der Waals surface area contributed by atoms with Gasteiger partial charge in [-0.2, -0.15) is 0 Å². The number of carbonyl (C=O) groups excluding carboxylic acids is 2. The van der Waals surface area contributed by atoms with E-state index in [0.717, 1.165) is 13.1 Å². The number of nitrogens with one attached hydrogen (secondary N) is 2. The highest BCUT2D eigenvalue weighted by atomic mass is 35.5. The van der Waals surface area contributed by atoms with Crippen LogP contribution in [0.3, 0.4) is 0 Å². The van der Waals surface area contributed by atoms with E-state index < -0.39 is 5.24 Å². The largest absolute Gasteiger partial charge is 0.497 e. The first-order valence-corrected chi connectivity index (χ1v) is 7.33. The summed E-state index contributed by atoms with van der Waals surface area (Å²) < 4.78 is 10.5. The minimum Gasteiger partial charge on any atom is -0.497 e. The Morgan fingerprint density at radius 2 is 2.05 bits per heavy atom. The zero-order valence-electron chi connectivity index (χ0n) is 12.9. The van der Waals surface area contributed by atoms with Crippen molar-refractivity contribution in [1.82, 2.24) is 10.6 Å². The predicted molar refractivity (Wildman–Crippen MR) is 84.8 cm³/mol. The number of hydrogen-bond acceptors (Lipinski definition) is 5. The Hall–Kier alpha value is -1.79. The van der Waals surface area contributed by atoms with E-state index in [2.05, 4.69) is 10.6 Å². The molecule has 0 aliphatic carbocycles. The lowest BCUT2D eigenvalue weighted by Crippen LogP contribution is -2.44. The molecule has 2 N–H and O–H groups in total. The van der Waals surface area contributed by atoms with Crippen molar-refractivity contribution in [3.05, 3.63) is 23.8 Å². The fourth-order valence-corrected chi connectivity index (χ4v) is 1.85. The molecule has 0 radical (unpaired) electrons. The molecule has 1 aromatic rings. The molecule has 1 amide bonds. The van der Waals surface area contributed by atoms with Crippen molar-refractivity contribution < 1.29 is 19.1 Å². The third-order valence-corrected chi connectivity index (χ3v) is 2.88. The van der Waals surface area contributed by atoms with Crippen molar-refractivity contribution in [2.24, 2.45) is 0 Å². The van der Waals surface area contributed by atoms with E-state index in [1.807, 2.05) is 13.8 Å². The predicted octanol–water partition coefficient (Wildman–Crippen LogP) is 1.57. The SMILES string of the molecule is COc1ccc(C(=O)Cl)c(OC(C)C)c1.O=C1CNCCN1. The molecule has 22 heavy (non-hydrogen) atoms. The van der Waals surface area contributed by atoms with Crippen LogP contribution in [0.4, 0.5) is 0 Å². The number of piperazine rings is 1. The van der Waals surface area contributed by atoms with Crippen LogP contribution in [-0.2, 0) is 4.79 Å². The van der Waals surface area contributed by atoms with E-state index in [1.165, 1.54) is 0 Å². The van der Waals surface area contributed by atoms with E-state index in [4.69, 9.17) is 21.1 Å². The quantitative estimate of drug-likeness (QED) is 0.820. The summed E-state index contributed by atoms with van der Waals surface area (Å²) in [4.78, 5) is 21.4. The Morgan fingerprint density at radius 1 is 1.32 bits per heavy atom. The van der Waals surface area contributed by atoms with Gasteiger partial charge in [0.05, 0.1) is 25.3 Å². The molecule has 6 nitrogen and oxygen atoms in total. The van der Waals surface area contributed by atoms with Gasteiger partial charge in [0.2, 0.25) is 5.91 Å². The highest BCUT2D eigenvalue weighted by molar-refractivity contribution is 6.68. The Balaban J connectivity index is 0.000000287. The van der Waals surface area contributed by atoms with Gasteiger partial charge in [0.1, 0.15) is 11.5 Å². The molecule has 1 saturated heterocycles. The van der Waals surface area contributed by atoms with Crippen LogP contribution in [0.1, 0.15) is 24.2 Å². The summed E-state index contributed by atoms with van der Waals surface area (Å²) in [6.45, 7) is 5.93. The number of halogens is 1. The molecule has 1 fully saturated rings. The number of benzene rings is 1. The zero-order chi connectivity index (χ0) is 16.5. The highest BCUT2D eigenvalue weighted by Gasteiger charge is 2.12. The fraction of sp³-hybridized carbons (Fsp3) is 0.467. The Bertz CT molecular complexity index is 512. The van der Waals surface area contributed by atoms with E-state index in [1.54, 1.807) is 25.3 Å². The first-order valence-electron chi connectivity index (χ1n) is 6.96. The summed E-state index contributed by atoms with van der Waals surface area (Å²) in [5, 5.41) is 5.07. The van der Waals surface area contributed by atoms with Crippen molar-refractivity contribution in [3.63, 3.8) is 0 Å². The lowest BCUT2D eigenvalue weighted by Gasteiger charge is -2.13. The second-order valence-corrected chi connectivity index (χ2v) is 5.17. The van der Waals surface area contributed by atoms with Gasteiger partial charge in [-0.3, -0.25) is 9.59 Å². The number of ether oxygens (including phenoxy) is 2. The lowest BCUT2D eigenvalue weighted by molar-refractivity contribution is -0.121. The zero-order valence-corrected chi connectivity index (χ0v) is 13.7. The number of hydrogen-bond donors (Lipinski definition) is 2. The summed E-state index contributed by atoms with van der Waals surface area (Å²) in [5.41, 5.74) is 0.353.